The number of aliphatic hydroxyl groups is 2. The number of piperazine rings is 1. The van der Waals surface area contributed by atoms with Crippen molar-refractivity contribution in [1.29, 1.82) is 0 Å². The first-order valence-electron chi connectivity index (χ1n) is 13.5. The molecule has 218 valence electrons. The van der Waals surface area contributed by atoms with E-state index in [2.05, 4.69) is 10.2 Å². The highest BCUT2D eigenvalue weighted by Crippen LogP contribution is 2.37. The van der Waals surface area contributed by atoms with Crippen LogP contribution in [-0.4, -0.2) is 96.8 Å². The Balaban J connectivity index is 1.43. The van der Waals surface area contributed by atoms with E-state index in [9.17, 15) is 24.6 Å². The molecule has 42 heavy (non-hydrogen) atoms. The van der Waals surface area contributed by atoms with E-state index >= 15 is 0 Å². The van der Waals surface area contributed by atoms with Gasteiger partial charge in [0.2, 0.25) is 5.91 Å². The Morgan fingerprint density at radius 3 is 2.29 bits per heavy atom. The number of carbonyl (C=O) groups excluding carboxylic acids is 3. The number of hydrogen-bond acceptors (Lipinski definition) is 9. The molecule has 2 aliphatic heterocycles. The van der Waals surface area contributed by atoms with E-state index in [-0.39, 0.29) is 5.91 Å². The second-order valence-corrected chi connectivity index (χ2v) is 10.4. The molecule has 1 atom stereocenters. The van der Waals surface area contributed by atoms with Crippen molar-refractivity contribution >= 4 is 40.6 Å². The van der Waals surface area contributed by atoms with E-state index in [1.165, 1.54) is 24.0 Å². The van der Waals surface area contributed by atoms with E-state index in [1.54, 1.807) is 42.5 Å². The Kier molecular flexibility index (Phi) is 8.19. The SMILES string of the molecule is COC(=O)c1ccc2c(c1)NC(=O)C2C(=Nc1ccc(N(C)C(=O)C(O)(O)N2CCN(C)CC2)cc1)c1ccccc1. The zero-order valence-electron chi connectivity index (χ0n) is 23.7. The number of amides is 2. The van der Waals surface area contributed by atoms with Crippen molar-refractivity contribution in [1.82, 2.24) is 9.80 Å². The molecule has 0 saturated carbocycles. The van der Waals surface area contributed by atoms with Gasteiger partial charge in [0.15, 0.2) is 0 Å². The zero-order valence-corrected chi connectivity index (χ0v) is 23.7. The van der Waals surface area contributed by atoms with E-state index < -0.39 is 23.7 Å². The van der Waals surface area contributed by atoms with Crippen LogP contribution in [0.25, 0.3) is 0 Å². The van der Waals surface area contributed by atoms with E-state index in [0.29, 0.717) is 60.1 Å². The Morgan fingerprint density at radius 2 is 1.64 bits per heavy atom. The van der Waals surface area contributed by atoms with Gasteiger partial charge in [-0.05, 0) is 54.6 Å². The predicted molar refractivity (Wildman–Crippen MR) is 158 cm³/mol. The molecule has 3 aromatic carbocycles. The monoisotopic (exact) mass is 571 g/mol. The number of likely N-dealkylation sites (N-methyl/N-ethyl adjacent to an activating group) is 2. The lowest BCUT2D eigenvalue weighted by atomic mass is 9.90. The molecular formula is C31H33N5O6. The lowest BCUT2D eigenvalue weighted by molar-refractivity contribution is -0.252. The van der Waals surface area contributed by atoms with Crippen LogP contribution in [0.15, 0.2) is 77.8 Å². The standard InChI is InChI=1S/C31H33N5O6/c1-34-15-17-36(18-16-34)31(40,41)30(39)35(2)23-12-10-22(11-13-23)32-27(20-7-5-4-6-8-20)26-24-14-9-21(29(38)42-3)19-25(24)33-28(26)37/h4-14,19,26,40-41H,15-18H2,1-3H3,(H,33,37). The van der Waals surface area contributed by atoms with Crippen molar-refractivity contribution in [2.75, 3.05) is 57.6 Å². The maximum absolute atomic E-state index is 13.2. The lowest BCUT2D eigenvalue weighted by Gasteiger charge is -2.40. The van der Waals surface area contributed by atoms with Gasteiger partial charge in [-0.15, -0.1) is 0 Å². The highest BCUT2D eigenvalue weighted by atomic mass is 16.5. The van der Waals surface area contributed by atoms with E-state index in [4.69, 9.17) is 9.73 Å². The Morgan fingerprint density at radius 1 is 0.976 bits per heavy atom. The van der Waals surface area contributed by atoms with Gasteiger partial charge in [-0.3, -0.25) is 14.6 Å². The van der Waals surface area contributed by atoms with Gasteiger partial charge in [0, 0.05) is 44.6 Å². The number of aliphatic imine (C=N–C) groups is 1. The first kappa shape index (κ1) is 29.1. The van der Waals surface area contributed by atoms with Gasteiger partial charge >= 0.3 is 17.8 Å². The molecule has 11 nitrogen and oxygen atoms in total. The zero-order chi connectivity index (χ0) is 30.0. The fraction of sp³-hybridized carbons (Fsp3) is 0.290. The van der Waals surface area contributed by atoms with Gasteiger partial charge in [-0.2, -0.15) is 0 Å². The van der Waals surface area contributed by atoms with Crippen LogP contribution in [0.1, 0.15) is 27.4 Å². The summed E-state index contributed by atoms with van der Waals surface area (Å²) in [5, 5.41) is 24.3. The molecule has 1 fully saturated rings. The molecule has 0 aliphatic carbocycles. The number of esters is 1. The molecule has 11 heteroatoms. The third-order valence-corrected chi connectivity index (χ3v) is 7.67. The van der Waals surface area contributed by atoms with Gasteiger partial charge in [0.05, 0.1) is 24.1 Å². The topological polar surface area (TPSA) is 135 Å². The van der Waals surface area contributed by atoms with Crippen LogP contribution in [0.2, 0.25) is 0 Å². The van der Waals surface area contributed by atoms with E-state index in [0.717, 1.165) is 5.56 Å². The van der Waals surface area contributed by atoms with Crippen LogP contribution in [-0.2, 0) is 14.3 Å². The number of carbonyl (C=O) groups is 3. The number of rotatable bonds is 7. The molecule has 0 radical (unpaired) electrons. The van der Waals surface area contributed by atoms with Crippen molar-refractivity contribution in [3.8, 4) is 0 Å². The molecule has 1 saturated heterocycles. The summed E-state index contributed by atoms with van der Waals surface area (Å²) in [6, 6.07) is 21.0. The Hall–Kier alpha value is -4.42. The fourth-order valence-electron chi connectivity index (χ4n) is 5.17. The predicted octanol–water partition coefficient (Wildman–Crippen LogP) is 2.18. The van der Waals surface area contributed by atoms with Crippen LogP contribution >= 0.6 is 0 Å². The Bertz CT molecular complexity index is 1510. The minimum absolute atomic E-state index is 0.275. The van der Waals surface area contributed by atoms with Gasteiger partial charge in [-0.25, -0.2) is 9.69 Å². The summed E-state index contributed by atoms with van der Waals surface area (Å²) >= 11 is 0. The molecule has 5 rings (SSSR count). The minimum atomic E-state index is -2.63. The third kappa shape index (κ3) is 5.68. The summed E-state index contributed by atoms with van der Waals surface area (Å²) in [5.41, 5.74) is 3.76. The highest BCUT2D eigenvalue weighted by molar-refractivity contribution is 6.24. The molecule has 2 heterocycles. The van der Waals surface area contributed by atoms with Crippen LogP contribution in [0.4, 0.5) is 17.1 Å². The minimum Gasteiger partial charge on any atom is -0.465 e. The van der Waals surface area contributed by atoms with Crippen LogP contribution < -0.4 is 10.2 Å². The second kappa shape index (κ2) is 11.8. The van der Waals surface area contributed by atoms with Crippen molar-refractivity contribution in [3.05, 3.63) is 89.5 Å². The van der Waals surface area contributed by atoms with Crippen LogP contribution in [0.3, 0.4) is 0 Å². The number of fused-ring (bicyclic) bond motifs is 1. The third-order valence-electron chi connectivity index (χ3n) is 7.67. The van der Waals surface area contributed by atoms with Crippen molar-refractivity contribution in [2.45, 2.75) is 11.8 Å². The number of nitrogens with one attached hydrogen (secondary N) is 1. The Labute approximate surface area is 243 Å². The molecule has 0 spiro atoms. The lowest BCUT2D eigenvalue weighted by Crippen LogP contribution is -2.63. The molecule has 3 aromatic rings. The molecule has 1 unspecified atom stereocenters. The summed E-state index contributed by atoms with van der Waals surface area (Å²) in [6.45, 7) is 1.93. The normalized spacial score (nSPS) is 17.9. The van der Waals surface area contributed by atoms with Gasteiger partial charge in [0.25, 0.3) is 0 Å². The number of methoxy groups -OCH3 is 1. The van der Waals surface area contributed by atoms with Crippen LogP contribution in [0.5, 0.6) is 0 Å². The molecular weight excluding hydrogens is 538 g/mol. The average Bonchev–Trinajstić information content (AvgIpc) is 3.34. The summed E-state index contributed by atoms with van der Waals surface area (Å²) in [7, 11) is 4.72. The first-order chi connectivity index (χ1) is 20.1. The number of ether oxygens (including phenoxy) is 1. The van der Waals surface area contributed by atoms with Crippen molar-refractivity contribution in [3.63, 3.8) is 0 Å². The first-order valence-corrected chi connectivity index (χ1v) is 13.5. The van der Waals surface area contributed by atoms with Gasteiger partial charge in [0.1, 0.15) is 5.92 Å². The van der Waals surface area contributed by atoms with Crippen molar-refractivity contribution in [2.24, 2.45) is 4.99 Å². The molecule has 3 N–H and O–H groups in total. The van der Waals surface area contributed by atoms with Crippen LogP contribution in [0, 0.1) is 0 Å². The maximum atomic E-state index is 13.2. The fourth-order valence-corrected chi connectivity index (χ4v) is 5.17. The largest absolute Gasteiger partial charge is 0.465 e. The number of nitrogens with zero attached hydrogens (tertiary/aromatic N) is 4. The van der Waals surface area contributed by atoms with E-state index in [1.807, 2.05) is 37.4 Å². The molecule has 2 aliphatic rings. The second-order valence-electron chi connectivity index (χ2n) is 10.4. The summed E-state index contributed by atoms with van der Waals surface area (Å²) in [5.74, 6) is -5.00. The smallest absolute Gasteiger partial charge is 0.337 e. The summed E-state index contributed by atoms with van der Waals surface area (Å²) < 4.78 is 4.81. The maximum Gasteiger partial charge on any atom is 0.337 e. The highest BCUT2D eigenvalue weighted by Gasteiger charge is 2.43. The average molecular weight is 572 g/mol. The summed E-state index contributed by atoms with van der Waals surface area (Å²) in [6.07, 6.45) is 0. The van der Waals surface area contributed by atoms with Crippen molar-refractivity contribution < 1.29 is 29.3 Å². The summed E-state index contributed by atoms with van der Waals surface area (Å²) in [4.78, 5) is 47.8. The molecule has 0 aromatic heterocycles. The number of benzene rings is 3. The number of hydrogen-bond donors (Lipinski definition) is 3. The van der Waals surface area contributed by atoms with Gasteiger partial charge < -0.3 is 30.1 Å². The van der Waals surface area contributed by atoms with Gasteiger partial charge in [-0.1, -0.05) is 36.4 Å². The quantitative estimate of drug-likeness (QED) is 0.223. The molecule has 0 bridgehead atoms. The number of anilines is 2. The molecule has 2 amide bonds.